The van der Waals surface area contributed by atoms with Gasteiger partial charge in [0, 0.05) is 12.7 Å². The fraction of sp³-hybridized carbons (Fsp3) is 0.235. The van der Waals surface area contributed by atoms with Gasteiger partial charge in [0.1, 0.15) is 0 Å². The number of alkyl halides is 3. The van der Waals surface area contributed by atoms with Gasteiger partial charge >= 0.3 is 12.1 Å². The zero-order chi connectivity index (χ0) is 17.1. The summed E-state index contributed by atoms with van der Waals surface area (Å²) in [6, 6.07) is 12.8. The summed E-state index contributed by atoms with van der Waals surface area (Å²) in [6.45, 7) is 0. The first-order chi connectivity index (χ1) is 10.9. The Hall–Kier alpha value is -2.34. The van der Waals surface area contributed by atoms with Crippen LogP contribution in [0.25, 0.3) is 0 Å². The number of esters is 1. The van der Waals surface area contributed by atoms with Crippen LogP contribution in [-0.4, -0.2) is 20.2 Å². The van der Waals surface area contributed by atoms with Crippen molar-refractivity contribution in [3.05, 3.63) is 71.3 Å². The van der Waals surface area contributed by atoms with Crippen molar-refractivity contribution in [1.82, 2.24) is 0 Å². The molecule has 0 aliphatic rings. The molecule has 2 aromatic carbocycles. The van der Waals surface area contributed by atoms with Crippen LogP contribution in [0.2, 0.25) is 0 Å². The number of methoxy groups -OCH3 is 2. The number of halogens is 3. The summed E-state index contributed by atoms with van der Waals surface area (Å²) in [4.78, 5) is 12.4. The number of benzene rings is 2. The summed E-state index contributed by atoms with van der Waals surface area (Å²) >= 11 is 0. The molecule has 1 unspecified atom stereocenters. The molecule has 0 bridgehead atoms. The summed E-state index contributed by atoms with van der Waals surface area (Å²) in [7, 11) is 2.28. The molecule has 2 rings (SSSR count). The van der Waals surface area contributed by atoms with Gasteiger partial charge in [0.25, 0.3) is 0 Å². The Kier molecular flexibility index (Phi) is 4.75. The van der Waals surface area contributed by atoms with Gasteiger partial charge in [0.2, 0.25) is 5.60 Å². The molecule has 0 spiro atoms. The Morgan fingerprint density at radius 1 is 0.870 bits per heavy atom. The van der Waals surface area contributed by atoms with E-state index >= 15 is 0 Å². The van der Waals surface area contributed by atoms with E-state index < -0.39 is 23.3 Å². The third-order valence-corrected chi connectivity index (χ3v) is 3.57. The minimum absolute atomic E-state index is 0.256. The van der Waals surface area contributed by atoms with E-state index in [2.05, 4.69) is 0 Å². The largest absolute Gasteiger partial charge is 0.466 e. The van der Waals surface area contributed by atoms with Crippen molar-refractivity contribution in [2.24, 2.45) is 0 Å². The van der Waals surface area contributed by atoms with Crippen LogP contribution in [0.3, 0.4) is 0 Å². The molecule has 0 aliphatic heterocycles. The Balaban J connectivity index is 2.82. The highest BCUT2D eigenvalue weighted by molar-refractivity contribution is 5.86. The van der Waals surface area contributed by atoms with Gasteiger partial charge in [-0.3, -0.25) is 0 Å². The van der Waals surface area contributed by atoms with Crippen LogP contribution in [0.1, 0.15) is 16.7 Å². The van der Waals surface area contributed by atoms with E-state index in [1.807, 2.05) is 0 Å². The Morgan fingerprint density at radius 2 is 1.39 bits per heavy atom. The van der Waals surface area contributed by atoms with Crippen LogP contribution in [-0.2, 0) is 26.0 Å². The second-order valence-corrected chi connectivity index (χ2v) is 4.79. The van der Waals surface area contributed by atoms with Crippen LogP contribution in [0.4, 0.5) is 13.2 Å². The van der Waals surface area contributed by atoms with E-state index in [1.54, 1.807) is 18.2 Å². The molecule has 2 aromatic rings. The van der Waals surface area contributed by atoms with Crippen molar-refractivity contribution in [2.75, 3.05) is 14.2 Å². The van der Waals surface area contributed by atoms with E-state index in [9.17, 15) is 18.0 Å². The van der Waals surface area contributed by atoms with Crippen LogP contribution in [0.5, 0.6) is 0 Å². The Morgan fingerprint density at radius 3 is 1.87 bits per heavy atom. The van der Waals surface area contributed by atoms with Gasteiger partial charge in [-0.05, 0) is 11.6 Å². The van der Waals surface area contributed by atoms with Gasteiger partial charge in [0.15, 0.2) is 0 Å². The van der Waals surface area contributed by atoms with Crippen molar-refractivity contribution in [2.45, 2.75) is 11.8 Å². The van der Waals surface area contributed by atoms with Gasteiger partial charge < -0.3 is 9.47 Å². The first-order valence-corrected chi connectivity index (χ1v) is 6.73. The van der Waals surface area contributed by atoms with Gasteiger partial charge in [-0.1, -0.05) is 48.5 Å². The van der Waals surface area contributed by atoms with Gasteiger partial charge in [0.05, 0.1) is 12.7 Å². The van der Waals surface area contributed by atoms with Crippen LogP contribution < -0.4 is 0 Å². The molecule has 6 heteroatoms. The predicted molar refractivity (Wildman–Crippen MR) is 77.7 cm³/mol. The normalized spacial score (nSPS) is 14.1. The molecule has 0 heterocycles. The zero-order valence-corrected chi connectivity index (χ0v) is 12.6. The van der Waals surface area contributed by atoms with Crippen LogP contribution >= 0.6 is 0 Å². The lowest BCUT2D eigenvalue weighted by Gasteiger charge is -2.32. The maximum absolute atomic E-state index is 13.4. The lowest BCUT2D eigenvalue weighted by molar-refractivity contribution is -0.164. The molecule has 122 valence electrons. The highest BCUT2D eigenvalue weighted by atomic mass is 19.4. The van der Waals surface area contributed by atoms with E-state index in [-0.39, 0.29) is 11.1 Å². The van der Waals surface area contributed by atoms with Crippen LogP contribution in [0, 0.1) is 0 Å². The van der Waals surface area contributed by atoms with E-state index in [4.69, 9.17) is 9.47 Å². The highest BCUT2D eigenvalue weighted by Gasteiger charge is 2.49. The topological polar surface area (TPSA) is 35.5 Å². The molecule has 0 fully saturated rings. The fourth-order valence-corrected chi connectivity index (χ4v) is 2.55. The van der Waals surface area contributed by atoms with Gasteiger partial charge in [-0.15, -0.1) is 0 Å². The molecular formula is C17H15F3O3. The standard InChI is InChI=1S/C17H15F3O3/c1-22-15(21)16(23-2,12-8-4-3-5-9-12)13-10-6-7-11-14(13)17(18,19)20/h3-11H,1-2H3. The quantitative estimate of drug-likeness (QED) is 0.803. The van der Waals surface area contributed by atoms with Gasteiger partial charge in [-0.25, -0.2) is 4.79 Å². The summed E-state index contributed by atoms with van der Waals surface area (Å²) < 4.78 is 50.2. The fourth-order valence-electron chi connectivity index (χ4n) is 2.55. The smallest absolute Gasteiger partial charge is 0.416 e. The molecule has 23 heavy (non-hydrogen) atoms. The van der Waals surface area contributed by atoms with Crippen molar-refractivity contribution < 1.29 is 27.4 Å². The molecule has 3 nitrogen and oxygen atoms in total. The van der Waals surface area contributed by atoms with Crippen molar-refractivity contribution in [3.63, 3.8) is 0 Å². The average Bonchev–Trinajstić information content (AvgIpc) is 2.56. The second-order valence-electron chi connectivity index (χ2n) is 4.79. The monoisotopic (exact) mass is 324 g/mol. The molecule has 0 radical (unpaired) electrons. The number of ether oxygens (including phenoxy) is 2. The number of hydrogen-bond donors (Lipinski definition) is 0. The van der Waals surface area contributed by atoms with Gasteiger partial charge in [-0.2, -0.15) is 13.2 Å². The molecule has 0 aliphatic carbocycles. The first kappa shape index (κ1) is 17.0. The molecule has 0 saturated heterocycles. The summed E-state index contributed by atoms with van der Waals surface area (Å²) in [5.41, 5.74) is -3.00. The third kappa shape index (κ3) is 2.94. The van der Waals surface area contributed by atoms with Crippen LogP contribution in [0.15, 0.2) is 54.6 Å². The van der Waals surface area contributed by atoms with E-state index in [0.29, 0.717) is 0 Å². The molecule has 0 aromatic heterocycles. The molecule has 0 amide bonds. The minimum atomic E-state index is -4.64. The lowest BCUT2D eigenvalue weighted by atomic mass is 9.83. The lowest BCUT2D eigenvalue weighted by Crippen LogP contribution is -2.41. The number of rotatable bonds is 4. The van der Waals surface area contributed by atoms with Crippen molar-refractivity contribution in [1.29, 1.82) is 0 Å². The summed E-state index contributed by atoms with van der Waals surface area (Å²) in [5, 5.41) is 0. The van der Waals surface area contributed by atoms with E-state index in [0.717, 1.165) is 13.2 Å². The summed E-state index contributed by atoms with van der Waals surface area (Å²) in [6.07, 6.45) is -4.64. The number of carbonyl (C=O) groups is 1. The molecule has 0 saturated carbocycles. The average molecular weight is 324 g/mol. The minimum Gasteiger partial charge on any atom is -0.466 e. The molecular weight excluding hydrogens is 309 g/mol. The first-order valence-electron chi connectivity index (χ1n) is 6.73. The maximum Gasteiger partial charge on any atom is 0.416 e. The van der Waals surface area contributed by atoms with E-state index in [1.165, 1.54) is 37.4 Å². The third-order valence-electron chi connectivity index (χ3n) is 3.57. The highest BCUT2D eigenvalue weighted by Crippen LogP contribution is 2.42. The molecule has 1 atom stereocenters. The molecule has 0 N–H and O–H groups in total. The summed E-state index contributed by atoms with van der Waals surface area (Å²) in [5.74, 6) is -0.928. The number of hydrogen-bond acceptors (Lipinski definition) is 3. The predicted octanol–water partition coefficient (Wildman–Crippen LogP) is 3.77. The SMILES string of the molecule is COC(=O)C(OC)(c1ccccc1)c1ccccc1C(F)(F)F. The number of carbonyl (C=O) groups excluding carboxylic acids is 1. The zero-order valence-electron chi connectivity index (χ0n) is 12.6. The Labute approximate surface area is 131 Å². The van der Waals surface area contributed by atoms with Crippen molar-refractivity contribution in [3.8, 4) is 0 Å². The maximum atomic E-state index is 13.4. The second kappa shape index (κ2) is 6.42. The Bertz CT molecular complexity index is 683. The van der Waals surface area contributed by atoms with Crippen molar-refractivity contribution >= 4 is 5.97 Å².